The third kappa shape index (κ3) is 3.14. The molecule has 1 aliphatic rings. The lowest BCUT2D eigenvalue weighted by Crippen LogP contribution is -2.42. The molecule has 0 amide bonds. The average Bonchev–Trinajstić information content (AvgIpc) is 2.85. The second-order valence-electron chi connectivity index (χ2n) is 5.41. The van der Waals surface area contributed by atoms with Gasteiger partial charge in [-0.15, -0.1) is 0 Å². The van der Waals surface area contributed by atoms with Crippen LogP contribution in [0.15, 0.2) is 24.3 Å². The highest BCUT2D eigenvalue weighted by molar-refractivity contribution is 5.83. The molecule has 1 aliphatic heterocycles. The standard InChI is InChI=1S/C16H21N3O2/c1-2-19-15-6-4-3-5-14(15)18-16(19)10-13(20)9-12-11-21-8-7-17-12/h3-6,12,17H,2,7-11H2,1H3. The molecule has 2 heterocycles. The zero-order valence-electron chi connectivity index (χ0n) is 12.3. The summed E-state index contributed by atoms with van der Waals surface area (Å²) < 4.78 is 7.51. The van der Waals surface area contributed by atoms with Crippen LogP contribution >= 0.6 is 0 Å². The van der Waals surface area contributed by atoms with E-state index >= 15 is 0 Å². The topological polar surface area (TPSA) is 56.1 Å². The zero-order chi connectivity index (χ0) is 14.7. The molecule has 21 heavy (non-hydrogen) atoms. The van der Waals surface area contributed by atoms with Gasteiger partial charge < -0.3 is 14.6 Å². The third-order valence-electron chi connectivity index (χ3n) is 3.88. The van der Waals surface area contributed by atoms with E-state index in [1.165, 1.54) is 0 Å². The largest absolute Gasteiger partial charge is 0.379 e. The summed E-state index contributed by atoms with van der Waals surface area (Å²) in [6.07, 6.45) is 0.896. The Morgan fingerprint density at radius 1 is 1.48 bits per heavy atom. The van der Waals surface area contributed by atoms with Crippen LogP contribution in [0.1, 0.15) is 19.2 Å². The van der Waals surface area contributed by atoms with Crippen LogP contribution in [-0.2, 0) is 22.5 Å². The summed E-state index contributed by atoms with van der Waals surface area (Å²) >= 11 is 0. The number of benzene rings is 1. The molecule has 1 N–H and O–H groups in total. The minimum Gasteiger partial charge on any atom is -0.379 e. The van der Waals surface area contributed by atoms with E-state index in [2.05, 4.69) is 27.9 Å². The lowest BCUT2D eigenvalue weighted by Gasteiger charge is -2.23. The number of aryl methyl sites for hydroxylation is 1. The normalized spacial score (nSPS) is 19.0. The van der Waals surface area contributed by atoms with Crippen molar-refractivity contribution in [2.75, 3.05) is 19.8 Å². The fourth-order valence-electron chi connectivity index (χ4n) is 2.89. The van der Waals surface area contributed by atoms with Crippen LogP contribution in [-0.4, -0.2) is 41.1 Å². The number of carbonyl (C=O) groups is 1. The van der Waals surface area contributed by atoms with Crippen molar-refractivity contribution < 1.29 is 9.53 Å². The molecule has 1 unspecified atom stereocenters. The van der Waals surface area contributed by atoms with Crippen LogP contribution in [0.5, 0.6) is 0 Å². The van der Waals surface area contributed by atoms with Gasteiger partial charge in [0.25, 0.3) is 0 Å². The number of rotatable bonds is 5. The van der Waals surface area contributed by atoms with Crippen molar-refractivity contribution in [3.63, 3.8) is 0 Å². The van der Waals surface area contributed by atoms with Crippen molar-refractivity contribution in [2.45, 2.75) is 32.4 Å². The van der Waals surface area contributed by atoms with Gasteiger partial charge in [-0.3, -0.25) is 4.79 Å². The number of hydrogen-bond acceptors (Lipinski definition) is 4. The molecule has 1 saturated heterocycles. The van der Waals surface area contributed by atoms with Crippen LogP contribution in [0, 0.1) is 0 Å². The number of imidazole rings is 1. The van der Waals surface area contributed by atoms with Crippen LogP contribution in [0.2, 0.25) is 0 Å². The van der Waals surface area contributed by atoms with Crippen molar-refractivity contribution in [2.24, 2.45) is 0 Å². The molecule has 0 saturated carbocycles. The average molecular weight is 287 g/mol. The highest BCUT2D eigenvalue weighted by atomic mass is 16.5. The third-order valence-corrected chi connectivity index (χ3v) is 3.88. The van der Waals surface area contributed by atoms with E-state index < -0.39 is 0 Å². The van der Waals surface area contributed by atoms with Crippen LogP contribution < -0.4 is 5.32 Å². The summed E-state index contributed by atoms with van der Waals surface area (Å²) in [7, 11) is 0. The fraction of sp³-hybridized carbons (Fsp3) is 0.500. The number of Topliss-reactive ketones (excluding diaryl/α,β-unsaturated/α-hetero) is 1. The molecule has 1 atom stereocenters. The number of aromatic nitrogens is 2. The smallest absolute Gasteiger partial charge is 0.142 e. The number of nitrogens with zero attached hydrogens (tertiary/aromatic N) is 2. The molecule has 0 aliphatic carbocycles. The number of nitrogens with one attached hydrogen (secondary N) is 1. The van der Waals surface area contributed by atoms with E-state index in [1.54, 1.807) is 0 Å². The molecule has 2 aromatic rings. The van der Waals surface area contributed by atoms with Crippen molar-refractivity contribution >= 4 is 16.8 Å². The van der Waals surface area contributed by atoms with Gasteiger partial charge in [0.1, 0.15) is 11.6 Å². The van der Waals surface area contributed by atoms with Gasteiger partial charge in [-0.05, 0) is 19.1 Å². The molecule has 0 bridgehead atoms. The zero-order valence-corrected chi connectivity index (χ0v) is 12.3. The summed E-state index contributed by atoms with van der Waals surface area (Å²) in [5, 5.41) is 3.32. The lowest BCUT2D eigenvalue weighted by atomic mass is 10.1. The number of ether oxygens (including phenoxy) is 1. The summed E-state index contributed by atoms with van der Waals surface area (Å²) in [6, 6.07) is 8.17. The summed E-state index contributed by atoms with van der Waals surface area (Å²) in [5.41, 5.74) is 2.06. The van der Waals surface area contributed by atoms with Crippen molar-refractivity contribution in [1.82, 2.24) is 14.9 Å². The molecule has 112 valence electrons. The van der Waals surface area contributed by atoms with E-state index in [4.69, 9.17) is 4.74 Å². The molecule has 0 radical (unpaired) electrons. The van der Waals surface area contributed by atoms with Crippen molar-refractivity contribution in [3.8, 4) is 0 Å². The highest BCUT2D eigenvalue weighted by Gasteiger charge is 2.19. The maximum absolute atomic E-state index is 12.3. The minimum absolute atomic E-state index is 0.144. The SMILES string of the molecule is CCn1c(CC(=O)CC2COCCN2)nc2ccccc21. The number of carbonyl (C=O) groups excluding carboxylic acids is 1. The summed E-state index contributed by atoms with van der Waals surface area (Å²) in [5.74, 6) is 1.07. The Hall–Kier alpha value is -1.72. The Kier molecular flexibility index (Phi) is 4.31. The van der Waals surface area contributed by atoms with Gasteiger partial charge >= 0.3 is 0 Å². The highest BCUT2D eigenvalue weighted by Crippen LogP contribution is 2.17. The first-order valence-electron chi connectivity index (χ1n) is 7.55. The fourth-order valence-corrected chi connectivity index (χ4v) is 2.89. The Morgan fingerprint density at radius 2 is 2.33 bits per heavy atom. The van der Waals surface area contributed by atoms with E-state index in [1.807, 2.05) is 18.2 Å². The molecule has 5 nitrogen and oxygen atoms in total. The van der Waals surface area contributed by atoms with Gasteiger partial charge in [-0.25, -0.2) is 4.98 Å². The molecule has 1 aromatic carbocycles. The summed E-state index contributed by atoms with van der Waals surface area (Å²) in [6.45, 7) is 5.09. The van der Waals surface area contributed by atoms with E-state index in [-0.39, 0.29) is 11.8 Å². The van der Waals surface area contributed by atoms with Gasteiger partial charge in [0, 0.05) is 25.6 Å². The van der Waals surface area contributed by atoms with Crippen LogP contribution in [0.4, 0.5) is 0 Å². The van der Waals surface area contributed by atoms with Crippen molar-refractivity contribution in [1.29, 1.82) is 0 Å². The Bertz CT molecular complexity index is 629. The van der Waals surface area contributed by atoms with Gasteiger partial charge in [0.2, 0.25) is 0 Å². The Labute approximate surface area is 124 Å². The maximum atomic E-state index is 12.3. The maximum Gasteiger partial charge on any atom is 0.142 e. The number of fused-ring (bicyclic) bond motifs is 1. The molecule has 3 rings (SSSR count). The van der Waals surface area contributed by atoms with Gasteiger partial charge in [-0.2, -0.15) is 0 Å². The van der Waals surface area contributed by atoms with Gasteiger partial charge in [0.05, 0.1) is 30.7 Å². The Morgan fingerprint density at radius 3 is 3.10 bits per heavy atom. The number of ketones is 1. The first kappa shape index (κ1) is 14.2. The lowest BCUT2D eigenvalue weighted by molar-refractivity contribution is -0.119. The molecule has 1 fully saturated rings. The number of hydrogen-bond donors (Lipinski definition) is 1. The van der Waals surface area contributed by atoms with Gasteiger partial charge in [0.15, 0.2) is 0 Å². The molecular weight excluding hydrogens is 266 g/mol. The second kappa shape index (κ2) is 6.37. The monoisotopic (exact) mass is 287 g/mol. The predicted octanol–water partition coefficient (Wildman–Crippen LogP) is 1.55. The minimum atomic E-state index is 0.144. The quantitative estimate of drug-likeness (QED) is 0.906. The van der Waals surface area contributed by atoms with E-state index in [0.29, 0.717) is 19.4 Å². The number of morpholine rings is 1. The molecule has 1 aromatic heterocycles. The van der Waals surface area contributed by atoms with Crippen LogP contribution in [0.3, 0.4) is 0 Å². The predicted molar refractivity (Wildman–Crippen MR) is 81.3 cm³/mol. The number of para-hydroxylation sites is 2. The van der Waals surface area contributed by atoms with Crippen molar-refractivity contribution in [3.05, 3.63) is 30.1 Å². The first-order valence-corrected chi connectivity index (χ1v) is 7.55. The molecule has 0 spiro atoms. The molecule has 5 heteroatoms. The van der Waals surface area contributed by atoms with Crippen LogP contribution in [0.25, 0.3) is 11.0 Å². The van der Waals surface area contributed by atoms with E-state index in [9.17, 15) is 4.79 Å². The van der Waals surface area contributed by atoms with E-state index in [0.717, 1.165) is 36.6 Å². The second-order valence-corrected chi connectivity index (χ2v) is 5.41. The molecular formula is C16H21N3O2. The summed E-state index contributed by atoms with van der Waals surface area (Å²) in [4.78, 5) is 16.9. The first-order chi connectivity index (χ1) is 10.3. The van der Waals surface area contributed by atoms with Gasteiger partial charge in [-0.1, -0.05) is 12.1 Å². The Balaban J connectivity index is 1.73.